The highest BCUT2D eigenvalue weighted by Crippen LogP contribution is 2.14. The van der Waals surface area contributed by atoms with Gasteiger partial charge >= 0.3 is 6.98 Å². The van der Waals surface area contributed by atoms with Crippen LogP contribution in [-0.4, -0.2) is 54.5 Å². The lowest BCUT2D eigenvalue weighted by atomic mass is 9.91. The quantitative estimate of drug-likeness (QED) is 0.743. The van der Waals surface area contributed by atoms with Crippen LogP contribution in [0.1, 0.15) is 0 Å². The summed E-state index contributed by atoms with van der Waals surface area (Å²) in [6.07, 6.45) is 2.49. The normalized spacial score (nSPS) is 18.4. The fraction of sp³-hybridized carbons (Fsp3) is 0.556. The number of hydrogen-bond acceptors (Lipinski definition) is 4. The molecule has 0 saturated carbocycles. The molecule has 0 N–H and O–H groups in total. The Hall–Kier alpha value is -1.31. The Balaban J connectivity index is 1.86. The molecule has 0 aromatic carbocycles. The van der Waals surface area contributed by atoms with E-state index in [0.717, 1.165) is 0 Å². The average molecular weight is 245 g/mol. The van der Waals surface area contributed by atoms with Crippen molar-refractivity contribution in [3.63, 3.8) is 0 Å². The van der Waals surface area contributed by atoms with Crippen LogP contribution in [0, 0.1) is 0 Å². The van der Waals surface area contributed by atoms with Gasteiger partial charge in [-0.25, -0.2) is 9.97 Å². The molecule has 4 nitrogen and oxygen atoms in total. The topological polar surface area (TPSA) is 32.3 Å². The van der Waals surface area contributed by atoms with Gasteiger partial charge in [-0.1, -0.05) is 0 Å². The number of anilines is 1. The van der Waals surface area contributed by atoms with Gasteiger partial charge in [0.1, 0.15) is 0 Å². The van der Waals surface area contributed by atoms with E-state index in [9.17, 15) is 12.9 Å². The van der Waals surface area contributed by atoms with Gasteiger partial charge in [0.25, 0.3) is 0 Å². The average Bonchev–Trinajstić information content (AvgIpc) is 2.29. The molecule has 1 aliphatic heterocycles. The van der Waals surface area contributed by atoms with Crippen LogP contribution in [-0.2, 0) is 0 Å². The molecule has 0 unspecified atom stereocenters. The smallest absolute Gasteiger partial charge is 0.448 e. The predicted molar refractivity (Wildman–Crippen MR) is 59.8 cm³/mol. The Kier molecular flexibility index (Phi) is 3.51. The minimum atomic E-state index is -4.73. The summed E-state index contributed by atoms with van der Waals surface area (Å²) >= 11 is 0. The highest BCUT2D eigenvalue weighted by Gasteiger charge is 2.28. The number of aromatic nitrogens is 2. The summed E-state index contributed by atoms with van der Waals surface area (Å²) in [5.41, 5.74) is 0. The van der Waals surface area contributed by atoms with E-state index in [1.54, 1.807) is 18.5 Å². The standard InChI is InChI=1S/C9H13BF3N4/c11-10(12,13)8-16-4-6-17(7-5-16)9-14-2-1-3-15-9/h1-3H,4-8H2/q-1. The molecule has 1 aliphatic rings. The molecule has 0 radical (unpaired) electrons. The Morgan fingerprint density at radius 1 is 1.06 bits per heavy atom. The second kappa shape index (κ2) is 4.91. The Bertz CT molecular complexity index is 351. The van der Waals surface area contributed by atoms with Crippen molar-refractivity contribution in [2.45, 2.75) is 0 Å². The second-order valence-corrected chi connectivity index (χ2v) is 4.05. The Morgan fingerprint density at radius 2 is 1.65 bits per heavy atom. The first-order valence-electron chi connectivity index (χ1n) is 5.50. The molecule has 0 amide bonds. The lowest BCUT2D eigenvalue weighted by Gasteiger charge is -2.36. The first-order chi connectivity index (χ1) is 8.04. The summed E-state index contributed by atoms with van der Waals surface area (Å²) in [4.78, 5) is 11.5. The SMILES string of the molecule is F[B-](F)(F)CN1CCN(c2ncccn2)CC1. The molecule has 2 heterocycles. The number of nitrogens with zero attached hydrogens (tertiary/aromatic N) is 4. The van der Waals surface area contributed by atoms with Gasteiger partial charge in [0, 0.05) is 38.6 Å². The van der Waals surface area contributed by atoms with Gasteiger partial charge in [-0.3, -0.25) is 0 Å². The van der Waals surface area contributed by atoms with Crippen LogP contribution >= 0.6 is 0 Å². The Labute approximate surface area is 97.5 Å². The molecule has 0 bridgehead atoms. The van der Waals surface area contributed by atoms with Crippen molar-refractivity contribution in [2.75, 3.05) is 37.5 Å². The van der Waals surface area contributed by atoms with Gasteiger partial charge in [-0.2, -0.15) is 0 Å². The van der Waals surface area contributed by atoms with E-state index in [4.69, 9.17) is 0 Å². The van der Waals surface area contributed by atoms with Crippen LogP contribution in [0.3, 0.4) is 0 Å². The molecule has 1 fully saturated rings. The van der Waals surface area contributed by atoms with Crippen LogP contribution in [0.4, 0.5) is 18.9 Å². The predicted octanol–water partition coefficient (Wildman–Crippen LogP) is 0.985. The van der Waals surface area contributed by atoms with Crippen LogP contribution in [0.25, 0.3) is 0 Å². The molecule has 0 spiro atoms. The van der Waals surface area contributed by atoms with Crippen molar-refractivity contribution in [2.24, 2.45) is 0 Å². The maximum absolute atomic E-state index is 12.2. The van der Waals surface area contributed by atoms with Crippen molar-refractivity contribution in [1.29, 1.82) is 0 Å². The van der Waals surface area contributed by atoms with Crippen LogP contribution in [0.2, 0.25) is 0 Å². The minimum absolute atomic E-state index is 0.402. The van der Waals surface area contributed by atoms with Gasteiger partial charge in [0.15, 0.2) is 0 Å². The van der Waals surface area contributed by atoms with E-state index in [1.807, 2.05) is 4.90 Å². The molecule has 94 valence electrons. The zero-order chi connectivity index (χ0) is 12.3. The Morgan fingerprint density at radius 3 is 2.18 bits per heavy atom. The van der Waals surface area contributed by atoms with Gasteiger partial charge in [-0.15, -0.1) is 0 Å². The van der Waals surface area contributed by atoms with Gasteiger partial charge in [0.2, 0.25) is 5.95 Å². The van der Waals surface area contributed by atoms with Gasteiger partial charge in [0.05, 0.1) is 0 Å². The third-order valence-electron chi connectivity index (χ3n) is 2.67. The molecular formula is C9H13BF3N4-. The molecule has 0 atom stereocenters. The fourth-order valence-corrected chi connectivity index (χ4v) is 1.88. The van der Waals surface area contributed by atoms with Crippen LogP contribution < -0.4 is 4.90 Å². The molecule has 1 aromatic rings. The van der Waals surface area contributed by atoms with Gasteiger partial charge < -0.3 is 22.7 Å². The molecule has 1 saturated heterocycles. The molecule has 2 rings (SSSR count). The number of rotatable bonds is 3. The summed E-state index contributed by atoms with van der Waals surface area (Å²) in [6.45, 7) is -2.85. The summed E-state index contributed by atoms with van der Waals surface area (Å²) < 4.78 is 36.7. The van der Waals surface area contributed by atoms with E-state index in [-0.39, 0.29) is 0 Å². The molecular weight excluding hydrogens is 232 g/mol. The largest absolute Gasteiger partial charge is 0.492 e. The zero-order valence-corrected chi connectivity index (χ0v) is 9.27. The number of hydrogen-bond donors (Lipinski definition) is 0. The zero-order valence-electron chi connectivity index (χ0n) is 9.27. The lowest BCUT2D eigenvalue weighted by Crippen LogP contribution is -2.50. The molecule has 0 aliphatic carbocycles. The van der Waals surface area contributed by atoms with E-state index < -0.39 is 13.4 Å². The summed E-state index contributed by atoms with van der Waals surface area (Å²) in [7, 11) is 0. The number of halogens is 3. The van der Waals surface area contributed by atoms with E-state index >= 15 is 0 Å². The highest BCUT2D eigenvalue weighted by atomic mass is 19.4. The monoisotopic (exact) mass is 245 g/mol. The fourth-order valence-electron chi connectivity index (χ4n) is 1.88. The molecule has 1 aromatic heterocycles. The van der Waals surface area contributed by atoms with Crippen molar-refractivity contribution >= 4 is 12.9 Å². The highest BCUT2D eigenvalue weighted by molar-refractivity contribution is 6.58. The van der Waals surface area contributed by atoms with E-state index in [0.29, 0.717) is 32.1 Å². The summed E-state index contributed by atoms with van der Waals surface area (Å²) in [6, 6.07) is 1.71. The van der Waals surface area contributed by atoms with E-state index in [1.165, 1.54) is 4.90 Å². The summed E-state index contributed by atoms with van der Waals surface area (Å²) in [5.74, 6) is 0.588. The third-order valence-corrected chi connectivity index (χ3v) is 2.67. The van der Waals surface area contributed by atoms with Crippen molar-refractivity contribution < 1.29 is 12.9 Å². The molecule has 8 heteroatoms. The lowest BCUT2D eigenvalue weighted by molar-refractivity contribution is 0.262. The van der Waals surface area contributed by atoms with E-state index in [2.05, 4.69) is 9.97 Å². The van der Waals surface area contributed by atoms with Crippen molar-refractivity contribution in [3.8, 4) is 0 Å². The van der Waals surface area contributed by atoms with Crippen LogP contribution in [0.15, 0.2) is 18.5 Å². The second-order valence-electron chi connectivity index (χ2n) is 4.05. The van der Waals surface area contributed by atoms with Crippen molar-refractivity contribution in [3.05, 3.63) is 18.5 Å². The maximum Gasteiger partial charge on any atom is 0.492 e. The third kappa shape index (κ3) is 3.59. The first-order valence-corrected chi connectivity index (χ1v) is 5.50. The van der Waals surface area contributed by atoms with Gasteiger partial charge in [-0.05, 0) is 12.5 Å². The molecule has 17 heavy (non-hydrogen) atoms. The summed E-state index contributed by atoms with van der Waals surface area (Å²) in [5, 5.41) is 0. The van der Waals surface area contributed by atoms with Crippen molar-refractivity contribution in [1.82, 2.24) is 14.9 Å². The number of piperazine rings is 1. The maximum atomic E-state index is 12.2. The van der Waals surface area contributed by atoms with Crippen LogP contribution in [0.5, 0.6) is 0 Å². The first kappa shape index (κ1) is 12.2. The minimum Gasteiger partial charge on any atom is -0.448 e.